The quantitative estimate of drug-likeness (QED) is 0.754. The molecule has 0 bridgehead atoms. The van der Waals surface area contributed by atoms with E-state index in [4.69, 9.17) is 12.2 Å². The fourth-order valence-electron chi connectivity index (χ4n) is 2.40. The van der Waals surface area contributed by atoms with Crippen molar-refractivity contribution >= 4 is 23.0 Å². The van der Waals surface area contributed by atoms with Gasteiger partial charge in [0.15, 0.2) is 5.11 Å². The highest BCUT2D eigenvalue weighted by Crippen LogP contribution is 2.17. The highest BCUT2D eigenvalue weighted by atomic mass is 32.1. The smallest absolute Gasteiger partial charge is 0.173 e. The normalized spacial score (nSPS) is 19.9. The van der Waals surface area contributed by atoms with Crippen LogP contribution in [0.1, 0.15) is 17.5 Å². The molecule has 1 fully saturated rings. The van der Waals surface area contributed by atoms with Crippen molar-refractivity contribution < 1.29 is 4.90 Å². The Balaban J connectivity index is 2.02. The number of thiocarbonyl (C=S) groups is 1. The topological polar surface area (TPSA) is 19.7 Å². The molecule has 3 nitrogen and oxygen atoms in total. The molecule has 0 saturated carbocycles. The van der Waals surface area contributed by atoms with Crippen LogP contribution in [0.5, 0.6) is 0 Å². The molecule has 0 aromatic heterocycles. The van der Waals surface area contributed by atoms with E-state index in [1.54, 1.807) is 4.90 Å². The second kappa shape index (κ2) is 6.35. The van der Waals surface area contributed by atoms with E-state index in [-0.39, 0.29) is 0 Å². The molecule has 1 heterocycles. The Morgan fingerprint density at radius 2 is 2.05 bits per heavy atom. The predicted molar refractivity (Wildman–Crippen MR) is 84.9 cm³/mol. The van der Waals surface area contributed by atoms with Crippen LogP contribution in [0.3, 0.4) is 0 Å². The van der Waals surface area contributed by atoms with Crippen LogP contribution in [0.4, 0.5) is 5.69 Å². The van der Waals surface area contributed by atoms with E-state index in [1.807, 2.05) is 0 Å². The van der Waals surface area contributed by atoms with Gasteiger partial charge in [0.2, 0.25) is 0 Å². The summed E-state index contributed by atoms with van der Waals surface area (Å²) in [6, 6.07) is 6.44. The Bertz CT molecular complexity index is 459. The van der Waals surface area contributed by atoms with Crippen molar-refractivity contribution in [1.29, 1.82) is 0 Å². The molecule has 1 saturated heterocycles. The van der Waals surface area contributed by atoms with Gasteiger partial charge in [-0.25, -0.2) is 0 Å². The molecule has 4 heteroatoms. The molecule has 1 unspecified atom stereocenters. The molecule has 1 aliphatic rings. The first kappa shape index (κ1) is 14.3. The van der Waals surface area contributed by atoms with Crippen LogP contribution in [0, 0.1) is 13.8 Å². The summed E-state index contributed by atoms with van der Waals surface area (Å²) in [5.41, 5.74) is 3.64. The number of nitrogens with zero attached hydrogens (tertiary/aromatic N) is 1. The summed E-state index contributed by atoms with van der Waals surface area (Å²) >= 11 is 5.56. The molecule has 2 N–H and O–H groups in total. The standard InChI is InChI=1S/C15H23N3S/c1-12-5-6-13(2)14(11-12)16-15(19)18-8-4-7-17(3)9-10-18/h5-6,11H,4,7-10H2,1-3H3,(H,16,19)/p+1. The van der Waals surface area contributed by atoms with Gasteiger partial charge >= 0.3 is 0 Å². The third-order valence-electron chi connectivity index (χ3n) is 3.76. The summed E-state index contributed by atoms with van der Waals surface area (Å²) in [5.74, 6) is 0. The SMILES string of the molecule is Cc1ccc(C)c(NC(=S)N2CCC[NH+](C)CC2)c1. The van der Waals surface area contributed by atoms with Crippen LogP contribution in [-0.4, -0.2) is 43.2 Å². The van der Waals surface area contributed by atoms with Gasteiger partial charge in [-0.3, -0.25) is 0 Å². The van der Waals surface area contributed by atoms with E-state index < -0.39 is 0 Å². The Kier molecular flexibility index (Phi) is 4.77. The Morgan fingerprint density at radius 1 is 1.26 bits per heavy atom. The fourth-order valence-corrected chi connectivity index (χ4v) is 2.69. The van der Waals surface area contributed by atoms with Gasteiger partial charge in [-0.2, -0.15) is 0 Å². The number of hydrogen-bond donors (Lipinski definition) is 2. The summed E-state index contributed by atoms with van der Waals surface area (Å²) < 4.78 is 0. The van der Waals surface area contributed by atoms with Crippen molar-refractivity contribution in [2.24, 2.45) is 0 Å². The summed E-state index contributed by atoms with van der Waals surface area (Å²) in [7, 11) is 2.25. The molecule has 104 valence electrons. The summed E-state index contributed by atoms with van der Waals surface area (Å²) in [5, 5.41) is 4.28. The summed E-state index contributed by atoms with van der Waals surface area (Å²) in [4.78, 5) is 3.89. The van der Waals surface area contributed by atoms with E-state index >= 15 is 0 Å². The Hall–Kier alpha value is -1.13. The Labute approximate surface area is 121 Å². The van der Waals surface area contributed by atoms with Crippen molar-refractivity contribution in [3.05, 3.63) is 29.3 Å². The molecule has 0 spiro atoms. The maximum Gasteiger partial charge on any atom is 0.173 e. The third-order valence-corrected chi connectivity index (χ3v) is 4.12. The van der Waals surface area contributed by atoms with Crippen molar-refractivity contribution in [2.45, 2.75) is 20.3 Å². The van der Waals surface area contributed by atoms with E-state index in [1.165, 1.54) is 24.1 Å². The zero-order chi connectivity index (χ0) is 13.8. The van der Waals surface area contributed by atoms with Crippen LogP contribution in [0.25, 0.3) is 0 Å². The van der Waals surface area contributed by atoms with E-state index in [0.717, 1.165) is 30.4 Å². The number of aryl methyl sites for hydroxylation is 2. The van der Waals surface area contributed by atoms with Crippen LogP contribution in [0.15, 0.2) is 18.2 Å². The second-order valence-electron chi connectivity index (χ2n) is 5.55. The molecular weight excluding hydrogens is 254 g/mol. The minimum atomic E-state index is 0.864. The first-order chi connectivity index (χ1) is 9.06. The molecule has 0 amide bonds. The molecule has 0 aliphatic carbocycles. The van der Waals surface area contributed by atoms with Gasteiger partial charge in [-0.05, 0) is 43.3 Å². The zero-order valence-corrected chi connectivity index (χ0v) is 12.9. The molecule has 0 radical (unpaired) electrons. The van der Waals surface area contributed by atoms with Gasteiger partial charge in [-0.15, -0.1) is 0 Å². The Morgan fingerprint density at radius 3 is 2.84 bits per heavy atom. The minimum absolute atomic E-state index is 0.864. The number of anilines is 1. The highest BCUT2D eigenvalue weighted by Gasteiger charge is 2.17. The molecule has 19 heavy (non-hydrogen) atoms. The number of benzene rings is 1. The highest BCUT2D eigenvalue weighted by molar-refractivity contribution is 7.80. The minimum Gasteiger partial charge on any atom is -0.343 e. The monoisotopic (exact) mass is 278 g/mol. The average molecular weight is 278 g/mol. The van der Waals surface area contributed by atoms with Crippen LogP contribution in [-0.2, 0) is 0 Å². The maximum atomic E-state index is 5.56. The van der Waals surface area contributed by atoms with Gasteiger partial charge in [0, 0.05) is 18.7 Å². The fraction of sp³-hybridized carbons (Fsp3) is 0.533. The maximum absolute atomic E-state index is 5.56. The molecule has 2 rings (SSSR count). The molecular formula is C15H24N3S+. The van der Waals surface area contributed by atoms with Crippen LogP contribution < -0.4 is 10.2 Å². The van der Waals surface area contributed by atoms with Crippen molar-refractivity contribution in [3.63, 3.8) is 0 Å². The van der Waals surface area contributed by atoms with Gasteiger partial charge in [-0.1, -0.05) is 12.1 Å². The van der Waals surface area contributed by atoms with E-state index in [2.05, 4.69) is 49.3 Å². The number of hydrogen-bond acceptors (Lipinski definition) is 1. The van der Waals surface area contributed by atoms with Gasteiger partial charge in [0.25, 0.3) is 0 Å². The zero-order valence-electron chi connectivity index (χ0n) is 12.1. The summed E-state index contributed by atoms with van der Waals surface area (Å²) in [6.45, 7) is 8.73. The largest absolute Gasteiger partial charge is 0.343 e. The number of nitrogens with one attached hydrogen (secondary N) is 2. The first-order valence-electron chi connectivity index (χ1n) is 7.01. The molecule has 1 aliphatic heterocycles. The van der Waals surface area contributed by atoms with Crippen LogP contribution in [0.2, 0.25) is 0 Å². The number of likely N-dealkylation sites (N-methyl/N-ethyl adjacent to an activating group) is 1. The van der Waals surface area contributed by atoms with Gasteiger partial charge in [0.1, 0.15) is 0 Å². The number of rotatable bonds is 1. The van der Waals surface area contributed by atoms with Crippen molar-refractivity contribution in [1.82, 2.24) is 4.90 Å². The van der Waals surface area contributed by atoms with Gasteiger partial charge in [0.05, 0.1) is 26.7 Å². The van der Waals surface area contributed by atoms with E-state index in [9.17, 15) is 0 Å². The lowest BCUT2D eigenvalue weighted by Gasteiger charge is -2.23. The lowest BCUT2D eigenvalue weighted by molar-refractivity contribution is -0.877. The van der Waals surface area contributed by atoms with Crippen LogP contribution >= 0.6 is 12.2 Å². The number of quaternary nitrogens is 1. The summed E-state index contributed by atoms with van der Waals surface area (Å²) in [6.07, 6.45) is 1.21. The first-order valence-corrected chi connectivity index (χ1v) is 7.41. The third kappa shape index (κ3) is 3.91. The average Bonchev–Trinajstić information content (AvgIpc) is 2.59. The predicted octanol–water partition coefficient (Wildman–Crippen LogP) is 1.22. The van der Waals surface area contributed by atoms with E-state index in [0.29, 0.717) is 0 Å². The molecule has 1 aromatic carbocycles. The van der Waals surface area contributed by atoms with Crippen molar-refractivity contribution in [3.8, 4) is 0 Å². The second-order valence-corrected chi connectivity index (χ2v) is 5.93. The van der Waals surface area contributed by atoms with Gasteiger partial charge < -0.3 is 15.1 Å². The lowest BCUT2D eigenvalue weighted by atomic mass is 10.1. The molecule has 1 aromatic rings. The molecule has 1 atom stereocenters. The van der Waals surface area contributed by atoms with Crippen molar-refractivity contribution in [2.75, 3.05) is 38.5 Å². The lowest BCUT2D eigenvalue weighted by Crippen LogP contribution is -3.09.